The van der Waals surface area contributed by atoms with Gasteiger partial charge in [0.15, 0.2) is 5.76 Å². The van der Waals surface area contributed by atoms with Crippen molar-refractivity contribution >= 4 is 23.4 Å². The van der Waals surface area contributed by atoms with E-state index in [1.165, 1.54) is 6.26 Å². The minimum atomic E-state index is -0.201. The van der Waals surface area contributed by atoms with E-state index >= 15 is 0 Å². The van der Waals surface area contributed by atoms with Crippen LogP contribution in [0.25, 0.3) is 0 Å². The first-order valence-corrected chi connectivity index (χ1v) is 10.2. The Balaban J connectivity index is 1.36. The van der Waals surface area contributed by atoms with Gasteiger partial charge in [-0.25, -0.2) is 0 Å². The number of piperazine rings is 1. The number of para-hydroxylation sites is 1. The summed E-state index contributed by atoms with van der Waals surface area (Å²) >= 11 is 0. The van der Waals surface area contributed by atoms with Crippen LogP contribution in [0.1, 0.15) is 26.6 Å². The molecule has 0 bridgehead atoms. The predicted molar refractivity (Wildman–Crippen MR) is 115 cm³/mol. The number of rotatable bonds is 5. The normalized spacial score (nSPS) is 13.8. The molecular formula is C23H24N4O4. The van der Waals surface area contributed by atoms with Gasteiger partial charge in [0.1, 0.15) is 12.2 Å². The molecule has 3 heterocycles. The molecule has 3 amide bonds. The molecule has 3 aromatic rings. The quantitative estimate of drug-likeness (QED) is 0.687. The number of anilines is 1. The summed E-state index contributed by atoms with van der Waals surface area (Å²) in [5, 5.41) is 2.89. The Kier molecular flexibility index (Phi) is 5.88. The summed E-state index contributed by atoms with van der Waals surface area (Å²) in [5.41, 5.74) is 2.18. The number of benzene rings is 1. The summed E-state index contributed by atoms with van der Waals surface area (Å²) in [6.45, 7) is 3.67. The number of carbonyl (C=O) groups excluding carboxylic acids is 3. The fourth-order valence-electron chi connectivity index (χ4n) is 3.63. The van der Waals surface area contributed by atoms with Crippen LogP contribution < -0.4 is 5.32 Å². The van der Waals surface area contributed by atoms with Gasteiger partial charge in [-0.2, -0.15) is 0 Å². The van der Waals surface area contributed by atoms with Gasteiger partial charge in [-0.15, -0.1) is 0 Å². The summed E-state index contributed by atoms with van der Waals surface area (Å²) in [4.78, 5) is 41.3. The number of aromatic nitrogens is 1. The van der Waals surface area contributed by atoms with Gasteiger partial charge in [0.05, 0.1) is 6.26 Å². The maximum absolute atomic E-state index is 13.0. The van der Waals surface area contributed by atoms with Gasteiger partial charge in [0.2, 0.25) is 5.91 Å². The van der Waals surface area contributed by atoms with E-state index in [0.717, 1.165) is 11.3 Å². The van der Waals surface area contributed by atoms with E-state index in [1.807, 2.05) is 31.2 Å². The molecule has 0 radical (unpaired) electrons. The second-order valence-electron chi connectivity index (χ2n) is 7.45. The van der Waals surface area contributed by atoms with Crippen molar-refractivity contribution in [1.82, 2.24) is 14.4 Å². The van der Waals surface area contributed by atoms with Crippen LogP contribution in [0.4, 0.5) is 5.69 Å². The fraction of sp³-hybridized carbons (Fsp3) is 0.261. The van der Waals surface area contributed by atoms with E-state index in [0.29, 0.717) is 37.6 Å². The Morgan fingerprint density at radius 3 is 2.29 bits per heavy atom. The third-order valence-electron chi connectivity index (χ3n) is 5.37. The predicted octanol–water partition coefficient (Wildman–Crippen LogP) is 2.63. The summed E-state index contributed by atoms with van der Waals surface area (Å²) in [6, 6.07) is 14.3. The highest BCUT2D eigenvalue weighted by Crippen LogP contribution is 2.15. The van der Waals surface area contributed by atoms with Gasteiger partial charge in [0, 0.05) is 38.1 Å². The van der Waals surface area contributed by atoms with Gasteiger partial charge in [0.25, 0.3) is 11.8 Å². The average molecular weight is 420 g/mol. The van der Waals surface area contributed by atoms with Crippen LogP contribution >= 0.6 is 0 Å². The summed E-state index contributed by atoms with van der Waals surface area (Å²) < 4.78 is 6.82. The van der Waals surface area contributed by atoms with Crippen LogP contribution in [-0.2, 0) is 11.3 Å². The number of furan rings is 1. The Morgan fingerprint density at radius 1 is 0.903 bits per heavy atom. The molecule has 4 rings (SSSR count). The Bertz CT molecular complexity index is 1080. The first kappa shape index (κ1) is 20.5. The number of hydrogen-bond acceptors (Lipinski definition) is 4. The molecule has 2 aromatic heterocycles. The molecule has 8 nitrogen and oxygen atoms in total. The Morgan fingerprint density at radius 2 is 1.61 bits per heavy atom. The maximum Gasteiger partial charge on any atom is 0.289 e. The van der Waals surface area contributed by atoms with Crippen LogP contribution in [0.15, 0.2) is 65.4 Å². The summed E-state index contributed by atoms with van der Waals surface area (Å²) in [5.74, 6) is -0.228. The molecule has 1 fully saturated rings. The van der Waals surface area contributed by atoms with Crippen LogP contribution in [0.2, 0.25) is 0 Å². The number of aryl methyl sites for hydroxylation is 1. The van der Waals surface area contributed by atoms with Crippen molar-refractivity contribution in [3.63, 3.8) is 0 Å². The van der Waals surface area contributed by atoms with Crippen LogP contribution in [0.3, 0.4) is 0 Å². The topological polar surface area (TPSA) is 87.8 Å². The molecule has 0 atom stereocenters. The van der Waals surface area contributed by atoms with E-state index < -0.39 is 0 Å². The molecule has 31 heavy (non-hydrogen) atoms. The molecule has 1 aliphatic heterocycles. The van der Waals surface area contributed by atoms with Crippen molar-refractivity contribution < 1.29 is 18.8 Å². The van der Waals surface area contributed by atoms with E-state index in [9.17, 15) is 14.4 Å². The highest BCUT2D eigenvalue weighted by atomic mass is 16.3. The van der Waals surface area contributed by atoms with E-state index in [2.05, 4.69) is 5.32 Å². The minimum absolute atomic E-state index is 0.0410. The Labute approximate surface area is 180 Å². The summed E-state index contributed by atoms with van der Waals surface area (Å²) in [6.07, 6.45) is 3.19. The first-order valence-electron chi connectivity index (χ1n) is 10.2. The molecule has 0 spiro atoms. The fourth-order valence-corrected chi connectivity index (χ4v) is 3.63. The zero-order valence-electron chi connectivity index (χ0n) is 17.3. The lowest BCUT2D eigenvalue weighted by atomic mass is 10.2. The average Bonchev–Trinajstić information content (AvgIpc) is 3.47. The van der Waals surface area contributed by atoms with Crippen LogP contribution in [0.5, 0.6) is 0 Å². The number of carbonyl (C=O) groups is 3. The highest BCUT2D eigenvalue weighted by Gasteiger charge is 2.27. The molecule has 0 aliphatic carbocycles. The zero-order valence-corrected chi connectivity index (χ0v) is 17.3. The number of nitrogens with zero attached hydrogens (tertiary/aromatic N) is 3. The van der Waals surface area contributed by atoms with E-state index in [4.69, 9.17) is 4.42 Å². The second-order valence-corrected chi connectivity index (χ2v) is 7.45. The molecule has 0 unspecified atom stereocenters. The smallest absolute Gasteiger partial charge is 0.289 e. The second kappa shape index (κ2) is 8.91. The molecule has 1 N–H and O–H groups in total. The standard InChI is InChI=1S/C23H24N4O4/c1-17-6-2-3-7-18(17)24-21(28)16-27-10-4-8-19(27)22(29)25-11-13-26(14-12-25)23(30)20-9-5-15-31-20/h2-10,15H,11-14,16H2,1H3,(H,24,28). The number of nitrogens with one attached hydrogen (secondary N) is 1. The lowest BCUT2D eigenvalue weighted by molar-refractivity contribution is -0.116. The van der Waals surface area contributed by atoms with Gasteiger partial charge in [-0.05, 0) is 42.8 Å². The number of amides is 3. The van der Waals surface area contributed by atoms with Crippen molar-refractivity contribution in [3.05, 3.63) is 78.0 Å². The van der Waals surface area contributed by atoms with Gasteiger partial charge in [-0.3, -0.25) is 14.4 Å². The zero-order chi connectivity index (χ0) is 21.8. The molecular weight excluding hydrogens is 396 g/mol. The van der Waals surface area contributed by atoms with Crippen molar-refractivity contribution in [1.29, 1.82) is 0 Å². The van der Waals surface area contributed by atoms with Crippen LogP contribution in [-0.4, -0.2) is 58.3 Å². The van der Waals surface area contributed by atoms with Gasteiger partial charge >= 0.3 is 0 Å². The molecule has 160 valence electrons. The minimum Gasteiger partial charge on any atom is -0.459 e. The summed E-state index contributed by atoms with van der Waals surface area (Å²) in [7, 11) is 0. The van der Waals surface area contributed by atoms with Crippen molar-refractivity contribution in [3.8, 4) is 0 Å². The van der Waals surface area contributed by atoms with Crippen molar-refractivity contribution in [2.24, 2.45) is 0 Å². The molecule has 1 saturated heterocycles. The molecule has 8 heteroatoms. The maximum atomic E-state index is 13.0. The lowest BCUT2D eigenvalue weighted by Crippen LogP contribution is -2.50. The third kappa shape index (κ3) is 4.53. The van der Waals surface area contributed by atoms with Crippen molar-refractivity contribution in [2.45, 2.75) is 13.5 Å². The Hall–Kier alpha value is -3.81. The molecule has 1 aliphatic rings. The van der Waals surface area contributed by atoms with Gasteiger partial charge < -0.3 is 24.1 Å². The highest BCUT2D eigenvalue weighted by molar-refractivity contribution is 5.95. The molecule has 1 aromatic carbocycles. The molecule has 0 saturated carbocycles. The van der Waals surface area contributed by atoms with Crippen molar-refractivity contribution in [2.75, 3.05) is 31.5 Å². The van der Waals surface area contributed by atoms with Crippen LogP contribution in [0, 0.1) is 6.92 Å². The largest absolute Gasteiger partial charge is 0.459 e. The number of hydrogen-bond donors (Lipinski definition) is 1. The van der Waals surface area contributed by atoms with Gasteiger partial charge in [-0.1, -0.05) is 18.2 Å². The first-order chi connectivity index (χ1) is 15.0. The lowest BCUT2D eigenvalue weighted by Gasteiger charge is -2.34. The van der Waals surface area contributed by atoms with E-state index in [-0.39, 0.29) is 24.3 Å². The van der Waals surface area contributed by atoms with E-state index in [1.54, 1.807) is 44.8 Å². The monoisotopic (exact) mass is 420 g/mol. The third-order valence-corrected chi connectivity index (χ3v) is 5.37. The SMILES string of the molecule is Cc1ccccc1NC(=O)Cn1cccc1C(=O)N1CCN(C(=O)c2ccco2)CC1.